The van der Waals surface area contributed by atoms with Crippen LogP contribution in [0.2, 0.25) is 0 Å². The summed E-state index contributed by atoms with van der Waals surface area (Å²) in [7, 11) is 0. The van der Waals surface area contributed by atoms with Gasteiger partial charge >= 0.3 is 0 Å². The van der Waals surface area contributed by atoms with E-state index in [2.05, 4.69) is 10.4 Å². The van der Waals surface area contributed by atoms with Crippen molar-refractivity contribution in [1.29, 1.82) is 0 Å². The largest absolute Gasteiger partial charge is 0.298 e. The number of unbranched alkanes of at least 4 members (excludes halogenated alkanes) is 2. The summed E-state index contributed by atoms with van der Waals surface area (Å²) in [4.78, 5) is 16.5. The lowest BCUT2D eigenvalue weighted by Gasteiger charge is -2.23. The fourth-order valence-corrected chi connectivity index (χ4v) is 4.12. The van der Waals surface area contributed by atoms with E-state index < -0.39 is 23.8 Å². The van der Waals surface area contributed by atoms with Crippen LogP contribution in [0.3, 0.4) is 0 Å². The predicted octanol–water partition coefficient (Wildman–Crippen LogP) is 5.36. The van der Waals surface area contributed by atoms with Gasteiger partial charge in [0, 0.05) is 12.8 Å². The first-order valence-electron chi connectivity index (χ1n) is 10.6. The number of benzene rings is 1. The molecule has 0 spiro atoms. The van der Waals surface area contributed by atoms with Crippen LogP contribution < -0.4 is 5.43 Å². The zero-order valence-corrected chi connectivity index (χ0v) is 17.1. The van der Waals surface area contributed by atoms with E-state index in [0.717, 1.165) is 12.0 Å². The molecule has 1 unspecified atom stereocenters. The first kappa shape index (κ1) is 21.8. The molecule has 3 rings (SSSR count). The minimum absolute atomic E-state index is 0.0114. The highest BCUT2D eigenvalue weighted by Gasteiger charge is 2.58. The predicted molar refractivity (Wildman–Crippen MR) is 107 cm³/mol. The second-order valence-electron chi connectivity index (χ2n) is 8.10. The number of Topliss-reactive ketones (excluding diaryl/α,β-unsaturated/α-hetero) is 1. The molecule has 1 saturated heterocycles. The Kier molecular flexibility index (Phi) is 6.66. The van der Waals surface area contributed by atoms with E-state index >= 15 is 0 Å². The van der Waals surface area contributed by atoms with E-state index in [-0.39, 0.29) is 24.5 Å². The molecule has 2 aliphatic heterocycles. The zero-order valence-electron chi connectivity index (χ0n) is 17.1. The quantitative estimate of drug-likeness (QED) is 0.529. The van der Waals surface area contributed by atoms with Crippen molar-refractivity contribution in [2.75, 3.05) is 0 Å². The molecule has 0 radical (unpaired) electrons. The minimum Gasteiger partial charge on any atom is -0.298 e. The third-order valence-corrected chi connectivity index (χ3v) is 6.17. The van der Waals surface area contributed by atoms with Crippen molar-refractivity contribution in [3.63, 3.8) is 0 Å². The maximum Gasteiger partial charge on any atom is 0.286 e. The number of fused-ring (bicyclic) bond motifs is 1. The van der Waals surface area contributed by atoms with Crippen molar-refractivity contribution in [1.82, 2.24) is 10.4 Å². The van der Waals surface area contributed by atoms with E-state index in [9.17, 15) is 18.0 Å². The molecule has 0 aliphatic carbocycles. The maximum absolute atomic E-state index is 14.5. The van der Waals surface area contributed by atoms with Gasteiger partial charge in [-0.25, -0.2) is 18.2 Å². The Balaban J connectivity index is 1.53. The van der Waals surface area contributed by atoms with Gasteiger partial charge in [-0.15, -0.1) is 0 Å². The lowest BCUT2D eigenvalue weighted by atomic mass is 9.92. The fourth-order valence-electron chi connectivity index (χ4n) is 4.12. The van der Waals surface area contributed by atoms with Crippen molar-refractivity contribution < 1.29 is 18.0 Å². The monoisotopic (exact) mass is 409 g/mol. The van der Waals surface area contributed by atoms with Gasteiger partial charge in [-0.3, -0.25) is 10.2 Å². The molecule has 7 heteroatoms. The number of amidine groups is 1. The summed E-state index contributed by atoms with van der Waals surface area (Å²) < 4.78 is 43.2. The maximum atomic E-state index is 14.5. The average molecular weight is 409 g/mol. The number of hydrogen-bond donors (Lipinski definition) is 1. The normalized spacial score (nSPS) is 23.6. The molecule has 160 valence electrons. The van der Waals surface area contributed by atoms with E-state index in [4.69, 9.17) is 0 Å². The van der Waals surface area contributed by atoms with Gasteiger partial charge in [-0.05, 0) is 31.2 Å². The molecular formula is C22H30F3N3O. The van der Waals surface area contributed by atoms with Gasteiger partial charge in [0.15, 0.2) is 17.8 Å². The number of alkyl halides is 3. The van der Waals surface area contributed by atoms with Crippen molar-refractivity contribution in [3.05, 3.63) is 35.9 Å². The van der Waals surface area contributed by atoms with Crippen molar-refractivity contribution >= 4 is 11.6 Å². The van der Waals surface area contributed by atoms with E-state index in [1.807, 2.05) is 44.2 Å². The van der Waals surface area contributed by atoms with Crippen LogP contribution >= 0.6 is 0 Å². The van der Waals surface area contributed by atoms with Gasteiger partial charge in [0.05, 0.1) is 6.04 Å². The fraction of sp³-hybridized carbons (Fsp3) is 0.636. The Hall–Kier alpha value is -1.89. The molecule has 2 aliphatic rings. The Morgan fingerprint density at radius 3 is 2.55 bits per heavy atom. The second-order valence-corrected chi connectivity index (χ2v) is 8.10. The standard InChI is InChI=1S/C22H30F3N3O/c1-3-21(23,4-2)14-10-6-9-13-18(29)19-26-20-22(24,25)15-17(28(20)27-19)16-11-7-5-8-12-16/h5,7-8,11-12,17,20H,3-4,6,9-10,13-15H2,1-2H3,(H,26,27)/t17-,20?/m1/s1. The first-order valence-corrected chi connectivity index (χ1v) is 10.6. The summed E-state index contributed by atoms with van der Waals surface area (Å²) in [6.07, 6.45) is 2.09. The summed E-state index contributed by atoms with van der Waals surface area (Å²) in [5, 5.41) is 1.41. The third kappa shape index (κ3) is 4.82. The number of ketones is 1. The van der Waals surface area contributed by atoms with Crippen molar-refractivity contribution in [3.8, 4) is 0 Å². The van der Waals surface area contributed by atoms with Gasteiger partial charge in [0.2, 0.25) is 0 Å². The molecule has 0 bridgehead atoms. The number of carbonyl (C=O) groups is 1. The minimum atomic E-state index is -3.00. The number of rotatable bonds is 10. The molecule has 0 saturated carbocycles. The van der Waals surface area contributed by atoms with Crippen LogP contribution in [0, 0.1) is 0 Å². The SMILES string of the molecule is CCC(F)(CC)CCCCCC(=O)C1=NC2N(N1)[C@@H](c1ccccc1)CC2(F)F. The van der Waals surface area contributed by atoms with Crippen molar-refractivity contribution in [2.45, 2.75) is 89.0 Å². The smallest absolute Gasteiger partial charge is 0.286 e. The van der Waals surface area contributed by atoms with Crippen molar-refractivity contribution in [2.24, 2.45) is 4.99 Å². The molecule has 2 atom stereocenters. The Labute approximate surface area is 170 Å². The van der Waals surface area contributed by atoms with Crippen LogP contribution in [0.15, 0.2) is 35.3 Å². The molecule has 4 nitrogen and oxygen atoms in total. The molecule has 0 amide bonds. The van der Waals surface area contributed by atoms with Crippen LogP contribution in [-0.2, 0) is 4.79 Å². The summed E-state index contributed by atoms with van der Waals surface area (Å²) >= 11 is 0. The first-order chi connectivity index (χ1) is 13.8. The average Bonchev–Trinajstić information content (AvgIpc) is 3.27. The van der Waals surface area contributed by atoms with Gasteiger partial charge in [-0.1, -0.05) is 57.0 Å². The second kappa shape index (κ2) is 8.86. The highest BCUT2D eigenvalue weighted by atomic mass is 19.3. The Morgan fingerprint density at radius 2 is 1.90 bits per heavy atom. The topological polar surface area (TPSA) is 44.7 Å². The lowest BCUT2D eigenvalue weighted by molar-refractivity contribution is -0.113. The number of aliphatic imine (C=N–C) groups is 1. The van der Waals surface area contributed by atoms with Gasteiger partial charge < -0.3 is 0 Å². The molecule has 29 heavy (non-hydrogen) atoms. The number of nitrogens with zero attached hydrogens (tertiary/aromatic N) is 2. The Morgan fingerprint density at radius 1 is 1.21 bits per heavy atom. The summed E-state index contributed by atoms with van der Waals surface area (Å²) in [6.45, 7) is 3.70. The van der Waals surface area contributed by atoms with Crippen LogP contribution in [0.4, 0.5) is 13.2 Å². The summed E-state index contributed by atoms with van der Waals surface area (Å²) in [5.74, 6) is -3.25. The third-order valence-electron chi connectivity index (χ3n) is 6.17. The molecule has 2 heterocycles. The van der Waals surface area contributed by atoms with Crippen LogP contribution in [-0.4, -0.2) is 34.4 Å². The molecule has 0 aromatic heterocycles. The van der Waals surface area contributed by atoms with Gasteiger partial charge in [0.25, 0.3) is 5.92 Å². The van der Waals surface area contributed by atoms with E-state index in [1.165, 1.54) is 5.01 Å². The molecule has 1 aromatic rings. The Bertz CT molecular complexity index is 734. The zero-order chi connectivity index (χ0) is 21.1. The molecule has 1 aromatic carbocycles. The molecule has 1 N–H and O–H groups in total. The number of hydrazine groups is 1. The molecular weight excluding hydrogens is 379 g/mol. The number of hydrogen-bond acceptors (Lipinski definition) is 4. The molecule has 1 fully saturated rings. The van der Waals surface area contributed by atoms with E-state index in [0.29, 0.717) is 32.1 Å². The summed E-state index contributed by atoms with van der Waals surface area (Å²) in [5.41, 5.74) is 2.48. The van der Waals surface area contributed by atoms with Crippen LogP contribution in [0.5, 0.6) is 0 Å². The van der Waals surface area contributed by atoms with Gasteiger partial charge in [-0.2, -0.15) is 5.01 Å². The number of carbonyl (C=O) groups excluding carboxylic acids is 1. The van der Waals surface area contributed by atoms with Crippen LogP contribution in [0.25, 0.3) is 0 Å². The van der Waals surface area contributed by atoms with E-state index in [1.54, 1.807) is 0 Å². The van der Waals surface area contributed by atoms with Crippen LogP contribution in [0.1, 0.15) is 76.8 Å². The highest BCUT2D eigenvalue weighted by molar-refractivity contribution is 6.39. The lowest BCUT2D eigenvalue weighted by Crippen LogP contribution is -2.43. The highest BCUT2D eigenvalue weighted by Crippen LogP contribution is 2.46. The number of nitrogens with one attached hydrogen (secondary N) is 1. The number of halogens is 3. The summed E-state index contributed by atoms with van der Waals surface area (Å²) in [6, 6.07) is 8.54. The van der Waals surface area contributed by atoms with Gasteiger partial charge in [0.1, 0.15) is 5.67 Å².